The van der Waals surface area contributed by atoms with Crippen LogP contribution < -0.4 is 21.1 Å². The smallest absolute Gasteiger partial charge is 0.280 e. The van der Waals surface area contributed by atoms with Crippen LogP contribution in [-0.2, 0) is 11.8 Å². The van der Waals surface area contributed by atoms with Crippen molar-refractivity contribution in [3.05, 3.63) is 10.4 Å². The molecule has 4 N–H and O–H groups in total. The fraction of sp³-hybridized carbons (Fsp3) is 0.846. The van der Waals surface area contributed by atoms with Gasteiger partial charge in [-0.2, -0.15) is 4.98 Å². The quantitative estimate of drug-likeness (QED) is 0.234. The van der Waals surface area contributed by atoms with Crippen LogP contribution in [0.25, 0.3) is 0 Å². The van der Waals surface area contributed by atoms with Crippen molar-refractivity contribution in [1.82, 2.24) is 9.55 Å². The number of rotatable bonds is 20. The highest BCUT2D eigenvalue weighted by Gasteiger charge is 2.31. The zero-order valence-corrected chi connectivity index (χ0v) is 22.1. The Balaban J connectivity index is 1.69. The number of nitrogens with zero attached hydrogens (tertiary/aromatic N) is 4. The molecule has 0 aliphatic carbocycles. The Hall–Kier alpha value is -1.84. The van der Waals surface area contributed by atoms with Crippen LogP contribution in [-0.4, -0.2) is 59.0 Å². The molecule has 0 amide bonds. The summed E-state index contributed by atoms with van der Waals surface area (Å²) in [5.41, 5.74) is 6.31. The van der Waals surface area contributed by atoms with Crippen LogP contribution >= 0.6 is 0 Å². The van der Waals surface area contributed by atoms with Gasteiger partial charge in [-0.1, -0.05) is 90.4 Å². The standard InChI is InChI=1S/C26H49N5O4/c1-3-4-5-6-7-8-9-10-11-12-13-14-15-16-17-30-20-31(21-35-22(18-32)19-33)24-23(30)25(34)29(2)26(27)28-24/h22,32-33H,3-21H2,1-2H3,(H2,27,28). The van der Waals surface area contributed by atoms with Gasteiger partial charge < -0.3 is 30.5 Å². The predicted octanol–water partition coefficient (Wildman–Crippen LogP) is 3.76. The van der Waals surface area contributed by atoms with E-state index in [0.717, 1.165) is 19.4 Å². The Kier molecular flexibility index (Phi) is 14.1. The lowest BCUT2D eigenvalue weighted by molar-refractivity contribution is -0.0188. The number of anilines is 3. The molecule has 0 unspecified atom stereocenters. The predicted molar refractivity (Wildman–Crippen MR) is 143 cm³/mol. The second-order valence-corrected chi connectivity index (χ2v) is 9.83. The third-order valence-corrected chi connectivity index (χ3v) is 6.90. The Morgan fingerprint density at radius 3 is 1.91 bits per heavy atom. The zero-order valence-electron chi connectivity index (χ0n) is 22.1. The molecule has 1 aromatic heterocycles. The van der Waals surface area contributed by atoms with Gasteiger partial charge in [0.25, 0.3) is 5.56 Å². The Labute approximate surface area is 211 Å². The molecule has 1 aliphatic rings. The maximum absolute atomic E-state index is 12.9. The van der Waals surface area contributed by atoms with E-state index in [1.54, 1.807) is 7.05 Å². The lowest BCUT2D eigenvalue weighted by Crippen LogP contribution is -2.36. The first kappa shape index (κ1) is 29.4. The van der Waals surface area contributed by atoms with Crippen LogP contribution in [0.5, 0.6) is 0 Å². The van der Waals surface area contributed by atoms with Crippen LogP contribution in [0.3, 0.4) is 0 Å². The topological polar surface area (TPSA) is 117 Å². The minimum Gasteiger partial charge on any atom is -0.394 e. The maximum Gasteiger partial charge on any atom is 0.280 e. The number of aliphatic hydroxyl groups is 2. The Bertz CT molecular complexity index is 769. The lowest BCUT2D eigenvalue weighted by Gasteiger charge is -2.22. The summed E-state index contributed by atoms with van der Waals surface area (Å²) in [6.45, 7) is 3.09. The number of unbranched alkanes of at least 4 members (excludes halogenated alkanes) is 13. The monoisotopic (exact) mass is 495 g/mol. The summed E-state index contributed by atoms with van der Waals surface area (Å²) in [7, 11) is 1.63. The number of fused-ring (bicyclic) bond motifs is 1. The molecule has 2 rings (SSSR count). The highest BCUT2D eigenvalue weighted by atomic mass is 16.5. The van der Waals surface area contributed by atoms with Gasteiger partial charge in [0.15, 0.2) is 5.82 Å². The van der Waals surface area contributed by atoms with Crippen molar-refractivity contribution in [3.63, 3.8) is 0 Å². The molecule has 202 valence electrons. The molecule has 0 radical (unpaired) electrons. The average molecular weight is 496 g/mol. The van der Waals surface area contributed by atoms with Gasteiger partial charge in [-0.15, -0.1) is 0 Å². The molecule has 0 spiro atoms. The van der Waals surface area contributed by atoms with Gasteiger partial charge in [0, 0.05) is 13.6 Å². The number of aliphatic hydroxyl groups excluding tert-OH is 2. The van der Waals surface area contributed by atoms with Crippen molar-refractivity contribution in [2.24, 2.45) is 7.05 Å². The molecule has 9 nitrogen and oxygen atoms in total. The third kappa shape index (κ3) is 9.61. The third-order valence-electron chi connectivity index (χ3n) is 6.90. The first-order valence-corrected chi connectivity index (χ1v) is 13.7. The number of hydrogen-bond acceptors (Lipinski definition) is 8. The van der Waals surface area contributed by atoms with Crippen LogP contribution in [0.15, 0.2) is 4.79 Å². The summed E-state index contributed by atoms with van der Waals surface area (Å²) in [6.07, 6.45) is 17.7. The van der Waals surface area contributed by atoms with E-state index in [9.17, 15) is 15.0 Å². The van der Waals surface area contributed by atoms with Gasteiger partial charge >= 0.3 is 0 Å². The van der Waals surface area contributed by atoms with Gasteiger partial charge in [0.05, 0.1) is 19.9 Å². The summed E-state index contributed by atoms with van der Waals surface area (Å²) in [5.74, 6) is 0.656. The number of nitrogens with two attached hydrogens (primary N) is 1. The highest BCUT2D eigenvalue weighted by molar-refractivity contribution is 5.72. The average Bonchev–Trinajstić information content (AvgIpc) is 3.20. The molecule has 1 aliphatic heterocycles. The molecule has 0 fully saturated rings. The van der Waals surface area contributed by atoms with E-state index in [1.807, 2.05) is 9.80 Å². The lowest BCUT2D eigenvalue weighted by atomic mass is 10.0. The summed E-state index contributed by atoms with van der Waals surface area (Å²) < 4.78 is 6.94. The molecule has 1 aromatic rings. The normalized spacial score (nSPS) is 13.3. The summed E-state index contributed by atoms with van der Waals surface area (Å²) in [4.78, 5) is 21.2. The van der Waals surface area contributed by atoms with Crippen LogP contribution in [0.4, 0.5) is 17.5 Å². The molecular weight excluding hydrogens is 446 g/mol. The number of ether oxygens (including phenoxy) is 1. The first-order chi connectivity index (χ1) is 17.0. The molecule has 0 bridgehead atoms. The fourth-order valence-electron chi connectivity index (χ4n) is 4.58. The zero-order chi connectivity index (χ0) is 25.5. The van der Waals surface area contributed by atoms with Crippen molar-refractivity contribution in [2.75, 3.05) is 48.7 Å². The van der Waals surface area contributed by atoms with Crippen molar-refractivity contribution in [2.45, 2.75) is 103 Å². The second kappa shape index (κ2) is 16.8. The Morgan fingerprint density at radius 1 is 0.886 bits per heavy atom. The molecule has 0 aromatic carbocycles. The van der Waals surface area contributed by atoms with Crippen LogP contribution in [0.2, 0.25) is 0 Å². The van der Waals surface area contributed by atoms with E-state index in [4.69, 9.17) is 10.5 Å². The van der Waals surface area contributed by atoms with E-state index in [0.29, 0.717) is 18.2 Å². The Morgan fingerprint density at radius 2 is 1.40 bits per heavy atom. The molecule has 35 heavy (non-hydrogen) atoms. The first-order valence-electron chi connectivity index (χ1n) is 13.7. The van der Waals surface area contributed by atoms with E-state index in [-0.39, 0.29) is 31.5 Å². The van der Waals surface area contributed by atoms with Crippen molar-refractivity contribution in [3.8, 4) is 0 Å². The molecule has 0 atom stereocenters. The number of aromatic nitrogens is 2. The second-order valence-electron chi connectivity index (χ2n) is 9.83. The van der Waals surface area contributed by atoms with E-state index < -0.39 is 6.10 Å². The van der Waals surface area contributed by atoms with E-state index in [1.165, 1.54) is 81.6 Å². The summed E-state index contributed by atoms with van der Waals surface area (Å²) >= 11 is 0. The minimum atomic E-state index is -0.665. The van der Waals surface area contributed by atoms with Crippen molar-refractivity contribution >= 4 is 17.5 Å². The molecule has 2 heterocycles. The van der Waals surface area contributed by atoms with Crippen molar-refractivity contribution < 1.29 is 14.9 Å². The fourth-order valence-corrected chi connectivity index (χ4v) is 4.58. The van der Waals surface area contributed by atoms with E-state index >= 15 is 0 Å². The molecule has 0 saturated heterocycles. The van der Waals surface area contributed by atoms with Crippen molar-refractivity contribution in [1.29, 1.82) is 0 Å². The van der Waals surface area contributed by atoms with Gasteiger partial charge in [-0.3, -0.25) is 9.36 Å². The number of hydrogen-bond donors (Lipinski definition) is 3. The summed E-state index contributed by atoms with van der Waals surface area (Å²) in [5, 5.41) is 18.5. The molecular formula is C26H49N5O4. The summed E-state index contributed by atoms with van der Waals surface area (Å²) in [6, 6.07) is 0. The van der Waals surface area contributed by atoms with Crippen LogP contribution in [0.1, 0.15) is 96.8 Å². The van der Waals surface area contributed by atoms with Gasteiger partial charge in [-0.25, -0.2) is 0 Å². The minimum absolute atomic E-state index is 0.119. The van der Waals surface area contributed by atoms with Gasteiger partial charge in [-0.05, 0) is 6.42 Å². The molecule has 9 heteroatoms. The largest absolute Gasteiger partial charge is 0.394 e. The number of nitrogen functional groups attached to an aromatic ring is 1. The SMILES string of the molecule is CCCCCCCCCCCCCCCCN1CN(COC(CO)CO)c2nc(N)n(C)c(=O)c21. The molecule has 0 saturated carbocycles. The van der Waals surface area contributed by atoms with Gasteiger partial charge in [0.1, 0.15) is 18.5 Å². The highest BCUT2D eigenvalue weighted by Crippen LogP contribution is 2.31. The van der Waals surface area contributed by atoms with Crippen LogP contribution in [0, 0.1) is 0 Å². The van der Waals surface area contributed by atoms with Gasteiger partial charge in [0.2, 0.25) is 5.95 Å². The van der Waals surface area contributed by atoms with E-state index in [2.05, 4.69) is 11.9 Å². The maximum atomic E-state index is 12.9.